The molecule has 0 saturated carbocycles. The van der Waals surface area contributed by atoms with Crippen molar-refractivity contribution in [3.05, 3.63) is 17.7 Å². The predicted molar refractivity (Wildman–Crippen MR) is 85.7 cm³/mol. The molecule has 0 spiro atoms. The minimum Gasteiger partial charge on any atom is -0.493 e. The summed E-state index contributed by atoms with van der Waals surface area (Å²) in [6.07, 6.45) is -0.713. The molecule has 0 unspecified atom stereocenters. The van der Waals surface area contributed by atoms with Gasteiger partial charge >= 0.3 is 0 Å². The molecule has 1 aromatic carbocycles. The van der Waals surface area contributed by atoms with Crippen molar-refractivity contribution in [2.45, 2.75) is 32.9 Å². The van der Waals surface area contributed by atoms with Crippen LogP contribution in [-0.4, -0.2) is 32.5 Å². The number of hydrogen-bond donors (Lipinski definition) is 2. The summed E-state index contributed by atoms with van der Waals surface area (Å²) in [6, 6.07) is 2.97. The number of aliphatic hydroxyl groups excluding tert-OH is 1. The fourth-order valence-electron chi connectivity index (χ4n) is 2.10. The highest BCUT2D eigenvalue weighted by Gasteiger charge is 2.32. The van der Waals surface area contributed by atoms with Crippen LogP contribution in [0.1, 0.15) is 32.4 Å². The van der Waals surface area contributed by atoms with Gasteiger partial charge in [0.05, 0.1) is 33.5 Å². The summed E-state index contributed by atoms with van der Waals surface area (Å²) in [5, 5.41) is 10.4. The van der Waals surface area contributed by atoms with Gasteiger partial charge < -0.3 is 25.1 Å². The van der Waals surface area contributed by atoms with Crippen molar-refractivity contribution >= 4 is 12.4 Å². The van der Waals surface area contributed by atoms with Gasteiger partial charge in [0.1, 0.15) is 0 Å². The van der Waals surface area contributed by atoms with Crippen molar-refractivity contribution in [3.63, 3.8) is 0 Å². The van der Waals surface area contributed by atoms with Crippen LogP contribution in [0.15, 0.2) is 12.1 Å². The van der Waals surface area contributed by atoms with Gasteiger partial charge in [-0.25, -0.2) is 0 Å². The topological polar surface area (TPSA) is 73.9 Å². The highest BCUT2D eigenvalue weighted by atomic mass is 35.5. The van der Waals surface area contributed by atoms with Crippen molar-refractivity contribution in [2.24, 2.45) is 11.1 Å². The van der Waals surface area contributed by atoms with Crippen molar-refractivity contribution < 1.29 is 19.3 Å². The summed E-state index contributed by atoms with van der Waals surface area (Å²) in [5.41, 5.74) is 6.54. The summed E-state index contributed by atoms with van der Waals surface area (Å²) in [5.74, 6) is 1.53. The molecule has 6 heteroatoms. The molecule has 2 atom stereocenters. The minimum absolute atomic E-state index is 0. The molecule has 0 heterocycles. The van der Waals surface area contributed by atoms with E-state index in [1.54, 1.807) is 19.2 Å². The number of benzene rings is 1. The molecular weight excluding hydrogens is 294 g/mol. The summed E-state index contributed by atoms with van der Waals surface area (Å²) in [4.78, 5) is 0. The normalized spacial score (nSPS) is 13.9. The molecule has 3 N–H and O–H groups in total. The molecule has 0 bridgehead atoms. The van der Waals surface area contributed by atoms with E-state index < -0.39 is 12.1 Å². The van der Waals surface area contributed by atoms with Crippen LogP contribution in [0.3, 0.4) is 0 Å². The lowest BCUT2D eigenvalue weighted by Crippen LogP contribution is -2.37. The number of methoxy groups -OCH3 is 3. The van der Waals surface area contributed by atoms with Gasteiger partial charge in [0.15, 0.2) is 11.5 Å². The number of rotatable bonds is 5. The number of halogens is 1. The highest BCUT2D eigenvalue weighted by Crippen LogP contribution is 2.43. The van der Waals surface area contributed by atoms with Crippen molar-refractivity contribution in [3.8, 4) is 17.2 Å². The summed E-state index contributed by atoms with van der Waals surface area (Å²) < 4.78 is 16.0. The summed E-state index contributed by atoms with van der Waals surface area (Å²) in [6.45, 7) is 5.81. The maximum atomic E-state index is 10.4. The molecule has 0 aliphatic rings. The molecule has 1 rings (SSSR count). The van der Waals surface area contributed by atoms with Gasteiger partial charge in [-0.1, -0.05) is 20.8 Å². The van der Waals surface area contributed by atoms with E-state index in [1.807, 2.05) is 20.8 Å². The monoisotopic (exact) mass is 319 g/mol. The number of aliphatic hydroxyl groups is 1. The second-order valence-corrected chi connectivity index (χ2v) is 5.76. The first-order chi connectivity index (χ1) is 9.27. The third kappa shape index (κ3) is 4.15. The Hall–Kier alpha value is -1.17. The third-order valence-corrected chi connectivity index (χ3v) is 3.32. The van der Waals surface area contributed by atoms with Gasteiger partial charge in [-0.3, -0.25) is 0 Å². The van der Waals surface area contributed by atoms with Gasteiger partial charge in [-0.05, 0) is 17.5 Å². The first kappa shape index (κ1) is 19.8. The molecule has 0 saturated heterocycles. The Morgan fingerprint density at radius 2 is 1.52 bits per heavy atom. The van der Waals surface area contributed by atoms with E-state index >= 15 is 0 Å². The van der Waals surface area contributed by atoms with Crippen LogP contribution in [0.5, 0.6) is 17.2 Å². The lowest BCUT2D eigenvalue weighted by atomic mass is 9.82. The molecule has 1 aromatic rings. The zero-order chi connectivity index (χ0) is 15.5. The first-order valence-corrected chi connectivity index (χ1v) is 6.50. The molecule has 21 heavy (non-hydrogen) atoms. The second-order valence-electron chi connectivity index (χ2n) is 5.76. The van der Waals surface area contributed by atoms with Crippen LogP contribution < -0.4 is 19.9 Å². The SMILES string of the molecule is COc1ccc([C@H](N)[C@H](O)C(C)(C)C)c(OC)c1OC.Cl. The van der Waals surface area contributed by atoms with Gasteiger partial charge in [0, 0.05) is 5.56 Å². The number of nitrogens with two attached hydrogens (primary N) is 1. The Morgan fingerprint density at radius 3 is 1.90 bits per heavy atom. The van der Waals surface area contributed by atoms with Gasteiger partial charge in [-0.2, -0.15) is 0 Å². The molecule has 122 valence electrons. The van der Waals surface area contributed by atoms with E-state index in [2.05, 4.69) is 0 Å². The fraction of sp³-hybridized carbons (Fsp3) is 0.600. The summed E-state index contributed by atoms with van der Waals surface area (Å²) in [7, 11) is 4.63. The Morgan fingerprint density at radius 1 is 1.00 bits per heavy atom. The standard InChI is InChI=1S/C15H25NO4.ClH/c1-15(2,3)14(17)11(16)9-7-8-10(18-4)13(20-6)12(9)19-5;/h7-8,11,14,17H,16H2,1-6H3;1H/t11-,14-;/m0./s1. The number of ether oxygens (including phenoxy) is 3. The average Bonchev–Trinajstić information content (AvgIpc) is 2.42. The minimum atomic E-state index is -0.713. The van der Waals surface area contributed by atoms with E-state index in [4.69, 9.17) is 19.9 Å². The fourth-order valence-corrected chi connectivity index (χ4v) is 2.10. The Kier molecular flexibility index (Phi) is 7.30. The van der Waals surface area contributed by atoms with Crippen LogP contribution in [0.4, 0.5) is 0 Å². The quantitative estimate of drug-likeness (QED) is 0.872. The summed E-state index contributed by atoms with van der Waals surface area (Å²) >= 11 is 0. The third-order valence-electron chi connectivity index (χ3n) is 3.32. The smallest absolute Gasteiger partial charge is 0.203 e. The lowest BCUT2D eigenvalue weighted by molar-refractivity contribution is 0.0393. The zero-order valence-corrected chi connectivity index (χ0v) is 14.3. The number of hydrogen-bond acceptors (Lipinski definition) is 5. The van der Waals surface area contributed by atoms with Crippen LogP contribution in [0.25, 0.3) is 0 Å². The average molecular weight is 320 g/mol. The van der Waals surface area contributed by atoms with Crippen LogP contribution in [-0.2, 0) is 0 Å². The molecule has 0 aliphatic heterocycles. The molecule has 5 nitrogen and oxygen atoms in total. The van der Waals surface area contributed by atoms with Crippen LogP contribution >= 0.6 is 12.4 Å². The maximum Gasteiger partial charge on any atom is 0.203 e. The lowest BCUT2D eigenvalue weighted by Gasteiger charge is -2.32. The Labute approximate surface area is 132 Å². The molecule has 0 fully saturated rings. The second kappa shape index (κ2) is 7.73. The van der Waals surface area contributed by atoms with Gasteiger partial charge in [0.25, 0.3) is 0 Å². The zero-order valence-electron chi connectivity index (χ0n) is 13.5. The Bertz CT molecular complexity index is 460. The first-order valence-electron chi connectivity index (χ1n) is 6.50. The highest BCUT2D eigenvalue weighted by molar-refractivity contribution is 5.85. The predicted octanol–water partition coefficient (Wildman–Crippen LogP) is 2.54. The molecule has 0 aliphatic carbocycles. The Balaban J connectivity index is 0.00000400. The van der Waals surface area contributed by atoms with Gasteiger partial charge in [-0.15, -0.1) is 12.4 Å². The molecule has 0 aromatic heterocycles. The molecular formula is C15H26ClNO4. The molecule has 0 radical (unpaired) electrons. The van der Waals surface area contributed by atoms with Crippen molar-refractivity contribution in [1.82, 2.24) is 0 Å². The maximum absolute atomic E-state index is 10.4. The van der Waals surface area contributed by atoms with Crippen molar-refractivity contribution in [2.75, 3.05) is 21.3 Å². The van der Waals surface area contributed by atoms with E-state index in [1.165, 1.54) is 14.2 Å². The van der Waals surface area contributed by atoms with E-state index in [9.17, 15) is 5.11 Å². The molecule has 0 amide bonds. The van der Waals surface area contributed by atoms with E-state index in [0.29, 0.717) is 22.8 Å². The van der Waals surface area contributed by atoms with E-state index in [0.717, 1.165) is 0 Å². The van der Waals surface area contributed by atoms with Crippen molar-refractivity contribution in [1.29, 1.82) is 0 Å². The van der Waals surface area contributed by atoms with Gasteiger partial charge in [0.2, 0.25) is 5.75 Å². The largest absolute Gasteiger partial charge is 0.493 e. The van der Waals surface area contributed by atoms with Crippen LogP contribution in [0.2, 0.25) is 0 Å². The van der Waals surface area contributed by atoms with Crippen LogP contribution in [0, 0.1) is 5.41 Å². The van der Waals surface area contributed by atoms with E-state index in [-0.39, 0.29) is 17.8 Å².